The molecule has 1 N–H and O–H groups in total. The summed E-state index contributed by atoms with van der Waals surface area (Å²) in [5, 5.41) is 12.8. The molecule has 0 aliphatic rings. The van der Waals surface area contributed by atoms with Gasteiger partial charge in [0, 0.05) is 5.56 Å². The number of hydrogen-bond donors (Lipinski definition) is 1. The third-order valence-corrected chi connectivity index (χ3v) is 2.76. The van der Waals surface area contributed by atoms with Crippen molar-refractivity contribution in [1.29, 1.82) is 0 Å². The minimum Gasteiger partial charge on any atom is -0.480 e. The molecule has 114 valence electrons. The van der Waals surface area contributed by atoms with E-state index in [4.69, 9.17) is 9.63 Å². The Morgan fingerprint density at radius 2 is 2.05 bits per heavy atom. The lowest BCUT2D eigenvalue weighted by molar-refractivity contribution is -0.138. The van der Waals surface area contributed by atoms with Crippen molar-refractivity contribution in [2.45, 2.75) is 19.9 Å². The zero-order chi connectivity index (χ0) is 14.4. The van der Waals surface area contributed by atoms with Crippen LogP contribution in [0.25, 0.3) is 11.4 Å². The summed E-state index contributed by atoms with van der Waals surface area (Å²) in [6, 6.07) is 9.52. The fourth-order valence-electron chi connectivity index (χ4n) is 1.94. The summed E-state index contributed by atoms with van der Waals surface area (Å²) in [5.74, 6) is 0.0900. The molecule has 0 saturated heterocycles. The Labute approximate surface area is 129 Å². The SMILES string of the molecule is CCCN(CC(=O)O)Cc1nc(-c2ccccc2)no1.Cl. The molecule has 0 aliphatic heterocycles. The molecule has 21 heavy (non-hydrogen) atoms. The Hall–Kier alpha value is -1.92. The van der Waals surface area contributed by atoms with Gasteiger partial charge in [-0.05, 0) is 13.0 Å². The minimum atomic E-state index is -0.860. The lowest BCUT2D eigenvalue weighted by atomic mass is 10.2. The summed E-state index contributed by atoms with van der Waals surface area (Å²) in [7, 11) is 0. The van der Waals surface area contributed by atoms with E-state index in [9.17, 15) is 4.79 Å². The second kappa shape index (κ2) is 8.39. The number of rotatable bonds is 7. The van der Waals surface area contributed by atoms with E-state index < -0.39 is 5.97 Å². The highest BCUT2D eigenvalue weighted by molar-refractivity contribution is 5.85. The van der Waals surface area contributed by atoms with Crippen LogP contribution < -0.4 is 0 Å². The van der Waals surface area contributed by atoms with Crippen LogP contribution in [0, 0.1) is 0 Å². The van der Waals surface area contributed by atoms with E-state index in [0.29, 0.717) is 24.8 Å². The van der Waals surface area contributed by atoms with Crippen molar-refractivity contribution in [3.05, 3.63) is 36.2 Å². The second-order valence-electron chi connectivity index (χ2n) is 4.48. The normalized spacial score (nSPS) is 10.4. The molecule has 1 aromatic heterocycles. The first-order valence-corrected chi connectivity index (χ1v) is 6.51. The number of carbonyl (C=O) groups is 1. The van der Waals surface area contributed by atoms with Gasteiger partial charge in [0.2, 0.25) is 11.7 Å². The summed E-state index contributed by atoms with van der Waals surface area (Å²) in [6.07, 6.45) is 0.868. The summed E-state index contributed by atoms with van der Waals surface area (Å²) in [5.41, 5.74) is 0.878. The quantitative estimate of drug-likeness (QED) is 0.846. The minimum absolute atomic E-state index is 0. The van der Waals surface area contributed by atoms with Crippen LogP contribution in [0.1, 0.15) is 19.2 Å². The molecule has 0 radical (unpaired) electrons. The van der Waals surface area contributed by atoms with E-state index in [2.05, 4.69) is 10.1 Å². The van der Waals surface area contributed by atoms with Crippen molar-refractivity contribution in [2.24, 2.45) is 0 Å². The monoisotopic (exact) mass is 311 g/mol. The summed E-state index contributed by atoms with van der Waals surface area (Å²) in [4.78, 5) is 16.9. The Kier molecular flexibility index (Phi) is 6.84. The number of carboxylic acid groups (broad SMARTS) is 1. The van der Waals surface area contributed by atoms with E-state index in [1.165, 1.54) is 0 Å². The van der Waals surface area contributed by atoms with Crippen LogP contribution in [-0.2, 0) is 11.3 Å². The molecular weight excluding hydrogens is 294 g/mol. The number of benzene rings is 1. The molecule has 7 heteroatoms. The average Bonchev–Trinajstić information content (AvgIpc) is 2.88. The Bertz CT molecular complexity index is 560. The van der Waals surface area contributed by atoms with Gasteiger partial charge in [-0.2, -0.15) is 4.98 Å². The van der Waals surface area contributed by atoms with Crippen LogP contribution in [0.4, 0.5) is 0 Å². The van der Waals surface area contributed by atoms with E-state index in [0.717, 1.165) is 12.0 Å². The largest absolute Gasteiger partial charge is 0.480 e. The van der Waals surface area contributed by atoms with Gasteiger partial charge in [-0.3, -0.25) is 9.69 Å². The fourth-order valence-corrected chi connectivity index (χ4v) is 1.94. The first kappa shape index (κ1) is 17.1. The van der Waals surface area contributed by atoms with E-state index in [1.54, 1.807) is 4.90 Å². The van der Waals surface area contributed by atoms with Crippen LogP contribution in [0.3, 0.4) is 0 Å². The van der Waals surface area contributed by atoms with Crippen molar-refractivity contribution in [1.82, 2.24) is 15.0 Å². The third kappa shape index (κ3) is 5.17. The standard InChI is InChI=1S/C14H17N3O3.ClH/c1-2-8-17(10-13(18)19)9-12-15-14(16-20-12)11-6-4-3-5-7-11;/h3-7H,2,8-10H2,1H3,(H,18,19);1H. The highest BCUT2D eigenvalue weighted by atomic mass is 35.5. The van der Waals surface area contributed by atoms with Crippen LogP contribution in [0.2, 0.25) is 0 Å². The van der Waals surface area contributed by atoms with Crippen LogP contribution in [0.15, 0.2) is 34.9 Å². The van der Waals surface area contributed by atoms with Gasteiger partial charge in [0.15, 0.2) is 0 Å². The van der Waals surface area contributed by atoms with Gasteiger partial charge in [-0.1, -0.05) is 42.4 Å². The Morgan fingerprint density at radius 1 is 1.33 bits per heavy atom. The van der Waals surface area contributed by atoms with Crippen molar-refractivity contribution < 1.29 is 14.4 Å². The summed E-state index contributed by atoms with van der Waals surface area (Å²) >= 11 is 0. The number of halogens is 1. The molecule has 0 fully saturated rings. The molecule has 2 rings (SSSR count). The van der Waals surface area contributed by atoms with Gasteiger partial charge in [0.25, 0.3) is 0 Å². The van der Waals surface area contributed by atoms with Crippen LogP contribution in [-0.4, -0.2) is 39.2 Å². The second-order valence-corrected chi connectivity index (χ2v) is 4.48. The zero-order valence-corrected chi connectivity index (χ0v) is 12.5. The molecule has 0 spiro atoms. The van der Waals surface area contributed by atoms with E-state index in [1.807, 2.05) is 37.3 Å². The summed E-state index contributed by atoms with van der Waals surface area (Å²) < 4.78 is 5.18. The van der Waals surface area contributed by atoms with E-state index in [-0.39, 0.29) is 19.0 Å². The number of nitrogens with zero attached hydrogens (tertiary/aromatic N) is 3. The molecule has 1 aromatic carbocycles. The predicted octanol–water partition coefficient (Wildman–Crippen LogP) is 2.46. The zero-order valence-electron chi connectivity index (χ0n) is 11.7. The van der Waals surface area contributed by atoms with Gasteiger partial charge in [0.05, 0.1) is 13.1 Å². The lowest BCUT2D eigenvalue weighted by Gasteiger charge is -2.16. The molecule has 0 unspecified atom stereocenters. The van der Waals surface area contributed by atoms with Gasteiger partial charge < -0.3 is 9.63 Å². The van der Waals surface area contributed by atoms with Gasteiger partial charge >= 0.3 is 5.97 Å². The third-order valence-electron chi connectivity index (χ3n) is 2.76. The molecule has 0 bridgehead atoms. The average molecular weight is 312 g/mol. The number of hydrogen-bond acceptors (Lipinski definition) is 5. The molecular formula is C14H18ClN3O3. The Balaban J connectivity index is 0.00000220. The summed E-state index contributed by atoms with van der Waals surface area (Å²) in [6.45, 7) is 2.99. The number of carboxylic acids is 1. The maximum absolute atomic E-state index is 10.8. The van der Waals surface area contributed by atoms with Gasteiger partial charge in [0.1, 0.15) is 0 Å². The van der Waals surface area contributed by atoms with Crippen LogP contribution in [0.5, 0.6) is 0 Å². The molecule has 0 atom stereocenters. The maximum Gasteiger partial charge on any atom is 0.317 e. The molecule has 0 amide bonds. The molecule has 0 saturated carbocycles. The van der Waals surface area contributed by atoms with Crippen molar-refractivity contribution in [3.8, 4) is 11.4 Å². The molecule has 0 aliphatic carbocycles. The molecule has 2 aromatic rings. The first-order chi connectivity index (χ1) is 9.69. The first-order valence-electron chi connectivity index (χ1n) is 6.51. The molecule has 6 nitrogen and oxygen atoms in total. The predicted molar refractivity (Wildman–Crippen MR) is 80.2 cm³/mol. The maximum atomic E-state index is 10.8. The smallest absolute Gasteiger partial charge is 0.317 e. The topological polar surface area (TPSA) is 79.5 Å². The Morgan fingerprint density at radius 3 is 2.67 bits per heavy atom. The van der Waals surface area contributed by atoms with Crippen LogP contribution >= 0.6 is 12.4 Å². The molecule has 1 heterocycles. The van der Waals surface area contributed by atoms with Gasteiger partial charge in [-0.25, -0.2) is 0 Å². The fraction of sp³-hybridized carbons (Fsp3) is 0.357. The van der Waals surface area contributed by atoms with Gasteiger partial charge in [-0.15, -0.1) is 12.4 Å². The van der Waals surface area contributed by atoms with E-state index >= 15 is 0 Å². The van der Waals surface area contributed by atoms with Crippen molar-refractivity contribution >= 4 is 18.4 Å². The highest BCUT2D eigenvalue weighted by Crippen LogP contribution is 2.15. The van der Waals surface area contributed by atoms with Crippen molar-refractivity contribution in [3.63, 3.8) is 0 Å². The van der Waals surface area contributed by atoms with Crippen molar-refractivity contribution in [2.75, 3.05) is 13.1 Å². The lowest BCUT2D eigenvalue weighted by Crippen LogP contribution is -2.30. The number of aliphatic carboxylic acids is 1. The highest BCUT2D eigenvalue weighted by Gasteiger charge is 2.14. The number of aromatic nitrogens is 2.